The van der Waals surface area contributed by atoms with Crippen molar-refractivity contribution in [2.24, 2.45) is 0 Å². The van der Waals surface area contributed by atoms with Crippen molar-refractivity contribution in [1.82, 2.24) is 4.90 Å². The number of β-lactam (4-membered cyclic amide) rings is 1. The van der Waals surface area contributed by atoms with Crippen molar-refractivity contribution in [2.75, 3.05) is 25.1 Å². The topological polar surface area (TPSA) is 102 Å². The number of allylic oxidation sites excluding steroid dienone is 4. The van der Waals surface area contributed by atoms with Gasteiger partial charge in [-0.25, -0.2) is 4.79 Å². The predicted molar refractivity (Wildman–Crippen MR) is 115 cm³/mol. The van der Waals surface area contributed by atoms with Crippen LogP contribution >= 0.6 is 0 Å². The van der Waals surface area contributed by atoms with Crippen molar-refractivity contribution in [2.45, 2.75) is 26.2 Å². The van der Waals surface area contributed by atoms with Crippen molar-refractivity contribution in [3.63, 3.8) is 0 Å². The quantitative estimate of drug-likeness (QED) is 0.481. The van der Waals surface area contributed by atoms with E-state index in [2.05, 4.69) is 5.32 Å². The van der Waals surface area contributed by atoms with Crippen LogP contribution in [0.1, 0.15) is 26.8 Å². The Balaban J connectivity index is 0.00000363. The van der Waals surface area contributed by atoms with Crippen molar-refractivity contribution in [3.8, 4) is 0 Å². The van der Waals surface area contributed by atoms with Gasteiger partial charge in [-0.3, -0.25) is 19.3 Å². The van der Waals surface area contributed by atoms with E-state index in [9.17, 15) is 19.2 Å². The molecule has 1 aliphatic heterocycles. The van der Waals surface area contributed by atoms with Gasteiger partial charge in [0, 0.05) is 32.1 Å². The number of esters is 1. The van der Waals surface area contributed by atoms with E-state index in [1.54, 1.807) is 36.4 Å². The number of anilines is 1. The average Bonchev–Trinajstić information content (AvgIpc) is 3.19. The first-order valence-corrected chi connectivity index (χ1v) is 10.0. The van der Waals surface area contributed by atoms with Gasteiger partial charge in [0.2, 0.25) is 17.7 Å². The average molecular weight is 426 g/mol. The minimum absolute atomic E-state index is 0. The molecule has 31 heavy (non-hydrogen) atoms. The zero-order valence-electron chi connectivity index (χ0n) is 17.3. The molecule has 1 aliphatic carbocycles. The molecule has 1 aromatic carbocycles. The normalized spacial score (nSPS) is 16.2. The van der Waals surface area contributed by atoms with E-state index in [0.717, 1.165) is 11.1 Å². The summed E-state index contributed by atoms with van der Waals surface area (Å²) in [5.74, 6) is -0.803. The van der Waals surface area contributed by atoms with Gasteiger partial charge in [0.1, 0.15) is 19.0 Å². The Hall–Kier alpha value is -3.52. The van der Waals surface area contributed by atoms with Crippen LogP contribution in [-0.2, 0) is 35.1 Å². The summed E-state index contributed by atoms with van der Waals surface area (Å²) >= 11 is 0. The molecule has 0 aromatic heterocycles. The monoisotopic (exact) mass is 426 g/mol. The maximum atomic E-state index is 12.0. The lowest BCUT2D eigenvalue weighted by atomic mass is 10.1. The predicted octanol–water partition coefficient (Wildman–Crippen LogP) is 2.52. The Morgan fingerprint density at radius 2 is 1.97 bits per heavy atom. The summed E-state index contributed by atoms with van der Waals surface area (Å²) in [6, 6.07) is 7.06. The molecule has 1 fully saturated rings. The van der Waals surface area contributed by atoms with E-state index >= 15 is 0 Å². The first kappa shape index (κ1) is 22.2. The number of benzene rings is 1. The molecule has 8 heteroatoms. The maximum absolute atomic E-state index is 12.0. The summed E-state index contributed by atoms with van der Waals surface area (Å²) in [6.45, 7) is 1.72. The van der Waals surface area contributed by atoms with E-state index in [4.69, 9.17) is 9.47 Å². The number of rotatable bonds is 9. The van der Waals surface area contributed by atoms with Gasteiger partial charge in [-0.2, -0.15) is 0 Å². The molecule has 3 rings (SSSR count). The van der Waals surface area contributed by atoms with Crippen molar-refractivity contribution < 1.29 is 30.1 Å². The number of ether oxygens (including phenoxy) is 2. The SMILES string of the molecule is C/C=C1/C=CC=C1OC(=O)COCC(=O)Nc1ccc(CCC(=O)N2CCC2=O)cc1.[HH]. The van der Waals surface area contributed by atoms with Crippen LogP contribution in [0.4, 0.5) is 5.69 Å². The molecule has 1 aromatic rings. The Bertz CT molecular complexity index is 965. The highest BCUT2D eigenvalue weighted by Gasteiger charge is 2.29. The molecule has 0 spiro atoms. The molecule has 0 atom stereocenters. The maximum Gasteiger partial charge on any atom is 0.337 e. The molecule has 0 unspecified atom stereocenters. The second kappa shape index (κ2) is 10.5. The molecular weight excluding hydrogens is 400 g/mol. The van der Waals surface area contributed by atoms with E-state index in [1.807, 2.05) is 19.1 Å². The number of hydrogen-bond acceptors (Lipinski definition) is 6. The molecule has 0 bridgehead atoms. The third-order valence-corrected chi connectivity index (χ3v) is 4.81. The molecule has 2 aliphatic rings. The van der Waals surface area contributed by atoms with E-state index in [1.165, 1.54) is 4.90 Å². The van der Waals surface area contributed by atoms with Gasteiger partial charge in [-0.05, 0) is 37.1 Å². The van der Waals surface area contributed by atoms with Crippen LogP contribution in [0, 0.1) is 0 Å². The second-order valence-electron chi connectivity index (χ2n) is 7.04. The summed E-state index contributed by atoms with van der Waals surface area (Å²) in [6.07, 6.45) is 8.35. The van der Waals surface area contributed by atoms with Crippen LogP contribution < -0.4 is 5.32 Å². The fourth-order valence-corrected chi connectivity index (χ4v) is 3.04. The number of nitrogens with one attached hydrogen (secondary N) is 1. The lowest BCUT2D eigenvalue weighted by Gasteiger charge is -2.28. The van der Waals surface area contributed by atoms with Crippen LogP contribution in [0.5, 0.6) is 0 Å². The van der Waals surface area contributed by atoms with Crippen LogP contribution in [-0.4, -0.2) is 48.3 Å². The highest BCUT2D eigenvalue weighted by molar-refractivity contribution is 5.99. The van der Waals surface area contributed by atoms with Crippen LogP contribution in [0.25, 0.3) is 0 Å². The Morgan fingerprint density at radius 1 is 1.19 bits per heavy atom. The fraction of sp³-hybridized carbons (Fsp3) is 0.304. The second-order valence-corrected chi connectivity index (χ2v) is 7.04. The summed E-state index contributed by atoms with van der Waals surface area (Å²) in [7, 11) is 0. The smallest absolute Gasteiger partial charge is 0.337 e. The first-order chi connectivity index (χ1) is 15.0. The summed E-state index contributed by atoms with van der Waals surface area (Å²) in [4.78, 5) is 48.2. The number of imide groups is 1. The molecule has 0 radical (unpaired) electrons. The number of amides is 3. The standard InChI is InChI=1S/C23H24N2O6.H2/c1-2-17-4-3-5-19(17)31-23(29)15-30-14-20(26)24-18-9-6-16(7-10-18)8-11-21(27)25-13-12-22(25)28;/h2-7,9-10H,8,11-15H2,1H3,(H,24,26);1H/b17-2-;. The van der Waals surface area contributed by atoms with Crippen molar-refractivity contribution >= 4 is 29.4 Å². The Morgan fingerprint density at radius 3 is 2.61 bits per heavy atom. The summed E-state index contributed by atoms with van der Waals surface area (Å²) in [5.41, 5.74) is 2.31. The molecule has 1 N–H and O–H groups in total. The van der Waals surface area contributed by atoms with Crippen LogP contribution in [0.15, 0.2) is 59.9 Å². The zero-order valence-corrected chi connectivity index (χ0v) is 17.3. The Labute approximate surface area is 181 Å². The number of likely N-dealkylation sites (tertiary alicyclic amines) is 1. The zero-order chi connectivity index (χ0) is 22.2. The number of carbonyl (C=O) groups excluding carboxylic acids is 4. The third kappa shape index (κ3) is 6.23. The first-order valence-electron chi connectivity index (χ1n) is 10.0. The molecule has 3 amide bonds. The molecule has 1 heterocycles. The van der Waals surface area contributed by atoms with Crippen molar-refractivity contribution in [3.05, 3.63) is 65.5 Å². The van der Waals surface area contributed by atoms with Gasteiger partial charge >= 0.3 is 5.97 Å². The van der Waals surface area contributed by atoms with E-state index < -0.39 is 11.9 Å². The highest BCUT2D eigenvalue weighted by atomic mass is 16.6. The van der Waals surface area contributed by atoms with Crippen LogP contribution in [0.3, 0.4) is 0 Å². The summed E-state index contributed by atoms with van der Waals surface area (Å²) in [5, 5.41) is 2.67. The number of carbonyl (C=O) groups is 4. The van der Waals surface area contributed by atoms with Gasteiger partial charge in [-0.15, -0.1) is 0 Å². The molecule has 1 saturated heterocycles. The number of aryl methyl sites for hydroxylation is 1. The molecular formula is C23H26N2O6. The van der Waals surface area contributed by atoms with Crippen molar-refractivity contribution in [1.29, 1.82) is 0 Å². The minimum Gasteiger partial charge on any atom is -0.424 e. The third-order valence-electron chi connectivity index (χ3n) is 4.81. The van der Waals surface area contributed by atoms with Crippen LogP contribution in [0.2, 0.25) is 0 Å². The molecule has 164 valence electrons. The van der Waals surface area contributed by atoms with E-state index in [0.29, 0.717) is 30.8 Å². The molecule has 0 saturated carbocycles. The molecule has 8 nitrogen and oxygen atoms in total. The largest absolute Gasteiger partial charge is 0.424 e. The van der Waals surface area contributed by atoms with E-state index in [-0.39, 0.29) is 32.9 Å². The summed E-state index contributed by atoms with van der Waals surface area (Å²) < 4.78 is 10.3. The number of nitrogens with zero attached hydrogens (tertiary/aromatic N) is 1. The lowest BCUT2D eigenvalue weighted by Crippen LogP contribution is -2.47. The fourth-order valence-electron chi connectivity index (χ4n) is 3.04. The Kier molecular flexibility index (Phi) is 7.50. The van der Waals surface area contributed by atoms with Gasteiger partial charge in [0.25, 0.3) is 0 Å². The highest BCUT2D eigenvalue weighted by Crippen LogP contribution is 2.19. The van der Waals surface area contributed by atoms with Gasteiger partial charge < -0.3 is 14.8 Å². The lowest BCUT2D eigenvalue weighted by molar-refractivity contribution is -0.152. The number of hydrogen-bond donors (Lipinski definition) is 1. The van der Waals surface area contributed by atoms with Gasteiger partial charge in [0.15, 0.2) is 0 Å². The minimum atomic E-state index is -0.582. The van der Waals surface area contributed by atoms with Gasteiger partial charge in [0.05, 0.1) is 0 Å². The van der Waals surface area contributed by atoms with Gasteiger partial charge in [-0.1, -0.05) is 30.4 Å².